The third-order valence-electron chi connectivity index (χ3n) is 6.32. The van der Waals surface area contributed by atoms with Crippen LogP contribution in [0.3, 0.4) is 0 Å². The number of nitrogen functional groups attached to an aromatic ring is 1. The van der Waals surface area contributed by atoms with Crippen LogP contribution in [0.4, 0.5) is 14.5 Å². The number of hydrogen-bond acceptors (Lipinski definition) is 4. The molecule has 39 heavy (non-hydrogen) atoms. The number of imidazole rings is 2. The Hall–Kier alpha value is -5.37. The zero-order valence-electron chi connectivity index (χ0n) is 20.6. The van der Waals surface area contributed by atoms with Crippen molar-refractivity contribution in [1.82, 2.24) is 23.8 Å². The van der Waals surface area contributed by atoms with Crippen molar-refractivity contribution in [2.75, 3.05) is 5.73 Å². The lowest BCUT2D eigenvalue weighted by Gasteiger charge is -2.05. The molecule has 0 aliphatic rings. The molecule has 0 spiro atoms. The van der Waals surface area contributed by atoms with E-state index < -0.39 is 0 Å². The Labute approximate surface area is 222 Å². The highest BCUT2D eigenvalue weighted by Crippen LogP contribution is 2.26. The smallest absolute Gasteiger partial charge is 0.137 e. The molecule has 0 unspecified atom stereocenters. The average molecular weight is 517 g/mol. The molecule has 5 heterocycles. The van der Waals surface area contributed by atoms with E-state index in [0.717, 1.165) is 44.8 Å². The van der Waals surface area contributed by atoms with Gasteiger partial charge in [0.2, 0.25) is 0 Å². The zero-order chi connectivity index (χ0) is 26.8. The predicted molar refractivity (Wildman–Crippen MR) is 149 cm³/mol. The molecule has 2 N–H and O–H groups in total. The summed E-state index contributed by atoms with van der Waals surface area (Å²) in [6.07, 6.45) is 12.7. The average Bonchev–Trinajstić information content (AvgIpc) is 3.61. The van der Waals surface area contributed by atoms with Gasteiger partial charge in [0.25, 0.3) is 0 Å². The molecule has 190 valence electrons. The number of rotatable bonds is 3. The fraction of sp³-hybridized carbons (Fsp3) is 0. The summed E-state index contributed by atoms with van der Waals surface area (Å²) in [5.74, 6) is -0.460. The quantitative estimate of drug-likeness (QED) is 0.277. The summed E-state index contributed by atoms with van der Waals surface area (Å²) < 4.78 is 29.7. The highest BCUT2D eigenvalue weighted by atomic mass is 19.1. The molecule has 5 aromatic heterocycles. The summed E-state index contributed by atoms with van der Waals surface area (Å²) in [6.45, 7) is 0. The van der Waals surface area contributed by atoms with Gasteiger partial charge in [-0.1, -0.05) is 24.3 Å². The minimum Gasteiger partial charge on any atom is -0.397 e. The van der Waals surface area contributed by atoms with Crippen LogP contribution in [0.5, 0.6) is 0 Å². The number of nitrogens with zero attached hydrogens (tertiary/aromatic N) is 5. The van der Waals surface area contributed by atoms with Crippen LogP contribution in [0, 0.1) is 11.6 Å². The van der Waals surface area contributed by atoms with Gasteiger partial charge < -0.3 is 10.1 Å². The standard InChI is InChI=1S/C18H13FN4.C13H9FN2/c19-15-3-1-12(2-4-15)13-5-6-23-17(11-22-18(23)8-13)14-7-16(20)10-21-9-14;14-12-3-1-10(2-4-12)11-5-7-16-8-6-15-13(16)9-11/h1-11H,20H2;1-9H. The minimum absolute atomic E-state index is 0.217. The van der Waals surface area contributed by atoms with E-state index in [-0.39, 0.29) is 11.6 Å². The van der Waals surface area contributed by atoms with Crippen molar-refractivity contribution >= 4 is 17.0 Å². The van der Waals surface area contributed by atoms with Crippen molar-refractivity contribution in [2.24, 2.45) is 0 Å². The number of benzene rings is 2. The number of aromatic nitrogens is 5. The van der Waals surface area contributed by atoms with Gasteiger partial charge in [-0.3, -0.25) is 9.38 Å². The number of fused-ring (bicyclic) bond motifs is 2. The molecule has 2 aromatic carbocycles. The van der Waals surface area contributed by atoms with Crippen molar-refractivity contribution in [3.8, 4) is 33.5 Å². The SMILES string of the molecule is Fc1ccc(-c2ccn3ccnc3c2)cc1.Nc1cncc(-c2cnc3cc(-c4ccc(F)cc4)ccn23)c1. The van der Waals surface area contributed by atoms with Gasteiger partial charge in [0.1, 0.15) is 22.9 Å². The fourth-order valence-corrected chi connectivity index (χ4v) is 4.35. The van der Waals surface area contributed by atoms with Crippen LogP contribution in [0.15, 0.2) is 122 Å². The van der Waals surface area contributed by atoms with Crippen LogP contribution < -0.4 is 5.73 Å². The fourth-order valence-electron chi connectivity index (χ4n) is 4.35. The third-order valence-corrected chi connectivity index (χ3v) is 6.32. The second-order valence-electron chi connectivity index (χ2n) is 8.92. The van der Waals surface area contributed by atoms with E-state index in [9.17, 15) is 8.78 Å². The lowest BCUT2D eigenvalue weighted by molar-refractivity contribution is 0.627. The first kappa shape index (κ1) is 24.0. The van der Waals surface area contributed by atoms with E-state index in [1.807, 2.05) is 57.7 Å². The molecule has 0 bridgehead atoms. The second kappa shape index (κ2) is 10.2. The molecule has 0 aliphatic heterocycles. The van der Waals surface area contributed by atoms with Crippen LogP contribution in [-0.4, -0.2) is 23.8 Å². The molecule has 8 heteroatoms. The number of anilines is 1. The summed E-state index contributed by atoms with van der Waals surface area (Å²) >= 11 is 0. The maximum Gasteiger partial charge on any atom is 0.137 e. The van der Waals surface area contributed by atoms with Crippen LogP contribution in [0.2, 0.25) is 0 Å². The normalized spacial score (nSPS) is 10.9. The highest BCUT2D eigenvalue weighted by Gasteiger charge is 2.08. The van der Waals surface area contributed by atoms with Gasteiger partial charge in [-0.15, -0.1) is 0 Å². The second-order valence-corrected chi connectivity index (χ2v) is 8.92. The van der Waals surface area contributed by atoms with Crippen LogP contribution in [0.25, 0.3) is 44.8 Å². The molecule has 6 nitrogen and oxygen atoms in total. The van der Waals surface area contributed by atoms with Gasteiger partial charge in [0, 0.05) is 42.7 Å². The van der Waals surface area contributed by atoms with Gasteiger partial charge in [0.05, 0.1) is 17.6 Å². The molecule has 0 saturated heterocycles. The van der Waals surface area contributed by atoms with Crippen molar-refractivity contribution < 1.29 is 8.78 Å². The largest absolute Gasteiger partial charge is 0.397 e. The highest BCUT2D eigenvalue weighted by molar-refractivity contribution is 5.71. The van der Waals surface area contributed by atoms with Gasteiger partial charge in [-0.25, -0.2) is 18.7 Å². The summed E-state index contributed by atoms with van der Waals surface area (Å²) in [5.41, 5.74) is 13.9. The van der Waals surface area contributed by atoms with Crippen molar-refractivity contribution in [3.05, 3.63) is 134 Å². The van der Waals surface area contributed by atoms with Crippen molar-refractivity contribution in [1.29, 1.82) is 0 Å². The Balaban J connectivity index is 0.000000151. The van der Waals surface area contributed by atoms with E-state index >= 15 is 0 Å². The molecule has 0 radical (unpaired) electrons. The molecule has 0 amide bonds. The van der Waals surface area contributed by atoms with Gasteiger partial charge in [-0.2, -0.15) is 0 Å². The number of halogens is 2. The van der Waals surface area contributed by atoms with E-state index in [1.54, 1.807) is 49.1 Å². The molecule has 0 aliphatic carbocycles. The first-order valence-electron chi connectivity index (χ1n) is 12.2. The lowest BCUT2D eigenvalue weighted by atomic mass is 10.1. The molecule has 0 fully saturated rings. The first-order valence-corrected chi connectivity index (χ1v) is 12.2. The monoisotopic (exact) mass is 516 g/mol. The Morgan fingerprint density at radius 2 is 1.21 bits per heavy atom. The Kier molecular flexibility index (Phi) is 6.26. The van der Waals surface area contributed by atoms with Gasteiger partial charge in [-0.05, 0) is 76.9 Å². The number of pyridine rings is 3. The van der Waals surface area contributed by atoms with E-state index in [4.69, 9.17) is 5.73 Å². The predicted octanol–water partition coefficient (Wildman–Crippen LogP) is 6.93. The zero-order valence-corrected chi connectivity index (χ0v) is 20.6. The van der Waals surface area contributed by atoms with Crippen LogP contribution >= 0.6 is 0 Å². The van der Waals surface area contributed by atoms with Crippen LogP contribution in [-0.2, 0) is 0 Å². The molecule has 0 saturated carbocycles. The lowest BCUT2D eigenvalue weighted by Crippen LogP contribution is -1.92. The first-order chi connectivity index (χ1) is 19.0. The third kappa shape index (κ3) is 5.08. The Morgan fingerprint density at radius 3 is 1.87 bits per heavy atom. The minimum atomic E-state index is -0.243. The topological polar surface area (TPSA) is 73.5 Å². The Bertz CT molecular complexity index is 1890. The van der Waals surface area contributed by atoms with Crippen molar-refractivity contribution in [3.63, 3.8) is 0 Å². The summed E-state index contributed by atoms with van der Waals surface area (Å²) in [5, 5.41) is 0. The number of nitrogens with two attached hydrogens (primary N) is 1. The molecular weight excluding hydrogens is 494 g/mol. The summed E-state index contributed by atoms with van der Waals surface area (Å²) in [4.78, 5) is 12.8. The maximum absolute atomic E-state index is 13.0. The number of hydrogen-bond donors (Lipinski definition) is 1. The van der Waals surface area contributed by atoms with Crippen molar-refractivity contribution in [2.45, 2.75) is 0 Å². The van der Waals surface area contributed by atoms with Crippen LogP contribution in [0.1, 0.15) is 0 Å². The van der Waals surface area contributed by atoms with E-state index in [1.165, 1.54) is 24.3 Å². The summed E-state index contributed by atoms with van der Waals surface area (Å²) in [7, 11) is 0. The van der Waals surface area contributed by atoms with E-state index in [0.29, 0.717) is 5.69 Å². The van der Waals surface area contributed by atoms with Gasteiger partial charge >= 0.3 is 0 Å². The van der Waals surface area contributed by atoms with Gasteiger partial charge in [0.15, 0.2) is 0 Å². The summed E-state index contributed by atoms with van der Waals surface area (Å²) in [6, 6.07) is 22.7. The molecule has 0 atom stereocenters. The maximum atomic E-state index is 13.0. The molecule has 7 aromatic rings. The molecule has 7 rings (SSSR count). The Morgan fingerprint density at radius 1 is 0.564 bits per heavy atom. The molecular formula is C31H22F2N6. The van der Waals surface area contributed by atoms with E-state index in [2.05, 4.69) is 15.0 Å².